The first-order valence-electron chi connectivity index (χ1n) is 6.48. The van der Waals surface area contributed by atoms with Crippen LogP contribution in [0, 0.1) is 5.92 Å². The van der Waals surface area contributed by atoms with Crippen molar-refractivity contribution in [3.05, 3.63) is 41.8 Å². The van der Waals surface area contributed by atoms with E-state index in [1.165, 1.54) is 0 Å². The van der Waals surface area contributed by atoms with E-state index in [0.29, 0.717) is 12.5 Å². The molecule has 1 aromatic heterocycles. The van der Waals surface area contributed by atoms with Gasteiger partial charge >= 0.3 is 0 Å². The molecule has 2 aromatic rings. The molecule has 3 nitrogen and oxygen atoms in total. The van der Waals surface area contributed by atoms with Gasteiger partial charge in [-0.25, -0.2) is 4.98 Å². The van der Waals surface area contributed by atoms with Crippen molar-refractivity contribution in [1.82, 2.24) is 9.55 Å². The summed E-state index contributed by atoms with van der Waals surface area (Å²) < 4.78 is 2.14. The smallest absolute Gasteiger partial charge is 0.0956 e. The monoisotopic (exact) mass is 277 g/mol. The average Bonchev–Trinajstić information content (AvgIpc) is 2.87. The van der Waals surface area contributed by atoms with Crippen LogP contribution in [0.1, 0.15) is 20.8 Å². The summed E-state index contributed by atoms with van der Waals surface area (Å²) in [6.07, 6.45) is 3.68. The van der Waals surface area contributed by atoms with E-state index in [1.54, 1.807) is 0 Å². The number of nitrogens with two attached hydrogens (primary N) is 1. The Morgan fingerprint density at radius 2 is 2.05 bits per heavy atom. The second kappa shape index (κ2) is 5.35. The highest BCUT2D eigenvalue weighted by Gasteiger charge is 2.31. The van der Waals surface area contributed by atoms with Crippen LogP contribution in [0.25, 0.3) is 11.3 Å². The van der Waals surface area contributed by atoms with Gasteiger partial charge in [-0.2, -0.15) is 0 Å². The number of hydrogen-bond donors (Lipinski definition) is 1. The second-order valence-corrected chi connectivity index (χ2v) is 5.75. The molecule has 0 bridgehead atoms. The van der Waals surface area contributed by atoms with Gasteiger partial charge < -0.3 is 10.3 Å². The van der Waals surface area contributed by atoms with Gasteiger partial charge in [0.15, 0.2) is 0 Å². The first kappa shape index (κ1) is 14.1. The van der Waals surface area contributed by atoms with Gasteiger partial charge in [-0.15, -0.1) is 0 Å². The lowest BCUT2D eigenvalue weighted by Crippen LogP contribution is -2.42. The Morgan fingerprint density at radius 1 is 1.37 bits per heavy atom. The Balaban J connectivity index is 2.58. The molecule has 1 unspecified atom stereocenters. The van der Waals surface area contributed by atoms with Gasteiger partial charge in [0.1, 0.15) is 0 Å². The second-order valence-electron chi connectivity index (χ2n) is 5.34. The third-order valence-corrected chi connectivity index (χ3v) is 4.33. The van der Waals surface area contributed by atoms with Crippen LogP contribution in [0.5, 0.6) is 0 Å². The van der Waals surface area contributed by atoms with E-state index >= 15 is 0 Å². The van der Waals surface area contributed by atoms with Gasteiger partial charge in [-0.3, -0.25) is 0 Å². The lowest BCUT2D eigenvalue weighted by atomic mass is 9.87. The Kier molecular flexibility index (Phi) is 3.97. The third kappa shape index (κ3) is 2.40. The standard InChI is InChI=1S/C15H20ClN3/c1-11(2)15(3,9-17)19-10-18-8-14(19)12-6-4-5-7-13(12)16/h4-8,10-11H,9,17H2,1-3H3. The van der Waals surface area contributed by atoms with E-state index in [4.69, 9.17) is 17.3 Å². The molecule has 0 aliphatic heterocycles. The highest BCUT2D eigenvalue weighted by molar-refractivity contribution is 6.33. The maximum atomic E-state index is 6.29. The van der Waals surface area contributed by atoms with Crippen molar-refractivity contribution >= 4 is 11.6 Å². The summed E-state index contributed by atoms with van der Waals surface area (Å²) in [5.41, 5.74) is 7.82. The molecular weight excluding hydrogens is 258 g/mol. The first-order chi connectivity index (χ1) is 9.00. The van der Waals surface area contributed by atoms with Crippen molar-refractivity contribution < 1.29 is 0 Å². The summed E-state index contributed by atoms with van der Waals surface area (Å²) in [5.74, 6) is 0.396. The molecule has 19 heavy (non-hydrogen) atoms. The molecule has 1 heterocycles. The molecule has 4 heteroatoms. The summed E-state index contributed by atoms with van der Waals surface area (Å²) >= 11 is 6.29. The van der Waals surface area contributed by atoms with E-state index in [2.05, 4.69) is 30.3 Å². The Bertz CT molecular complexity index is 562. The topological polar surface area (TPSA) is 43.8 Å². The van der Waals surface area contributed by atoms with Crippen LogP contribution in [-0.2, 0) is 5.54 Å². The molecule has 0 spiro atoms. The molecule has 0 radical (unpaired) electrons. The van der Waals surface area contributed by atoms with Gasteiger partial charge in [0.05, 0.1) is 23.8 Å². The van der Waals surface area contributed by atoms with Crippen LogP contribution in [0.3, 0.4) is 0 Å². The molecule has 0 amide bonds. The lowest BCUT2D eigenvalue weighted by Gasteiger charge is -2.35. The zero-order valence-corrected chi connectivity index (χ0v) is 12.4. The largest absolute Gasteiger partial charge is 0.328 e. The highest BCUT2D eigenvalue weighted by atomic mass is 35.5. The molecule has 0 saturated carbocycles. The summed E-state index contributed by atoms with van der Waals surface area (Å²) in [7, 11) is 0. The number of halogens is 1. The Labute approximate surface area is 119 Å². The number of rotatable bonds is 4. The van der Waals surface area contributed by atoms with Gasteiger partial charge in [0.2, 0.25) is 0 Å². The lowest BCUT2D eigenvalue weighted by molar-refractivity contribution is 0.233. The Hall–Kier alpha value is -1.32. The average molecular weight is 278 g/mol. The molecule has 2 N–H and O–H groups in total. The SMILES string of the molecule is CC(C)C(C)(CN)n1cncc1-c1ccccc1Cl. The van der Waals surface area contributed by atoms with Gasteiger partial charge in [0, 0.05) is 17.1 Å². The van der Waals surface area contributed by atoms with E-state index in [9.17, 15) is 0 Å². The van der Waals surface area contributed by atoms with Crippen molar-refractivity contribution in [2.75, 3.05) is 6.54 Å². The molecule has 2 rings (SSSR count). The molecule has 1 atom stereocenters. The van der Waals surface area contributed by atoms with Gasteiger partial charge in [-0.05, 0) is 18.9 Å². The summed E-state index contributed by atoms with van der Waals surface area (Å²) in [6.45, 7) is 7.05. The number of imidazole rings is 1. The van der Waals surface area contributed by atoms with Crippen LogP contribution in [0.4, 0.5) is 0 Å². The fourth-order valence-electron chi connectivity index (χ4n) is 2.18. The third-order valence-electron chi connectivity index (χ3n) is 4.00. The van der Waals surface area contributed by atoms with E-state index in [-0.39, 0.29) is 5.54 Å². The zero-order chi connectivity index (χ0) is 14.0. The summed E-state index contributed by atoms with van der Waals surface area (Å²) in [4.78, 5) is 4.28. The quantitative estimate of drug-likeness (QED) is 0.929. The minimum absolute atomic E-state index is 0.176. The zero-order valence-electron chi connectivity index (χ0n) is 11.6. The minimum Gasteiger partial charge on any atom is -0.328 e. The van der Waals surface area contributed by atoms with Crippen molar-refractivity contribution in [2.45, 2.75) is 26.3 Å². The predicted octanol–water partition coefficient (Wildman–Crippen LogP) is 3.53. The van der Waals surface area contributed by atoms with Gasteiger partial charge in [-0.1, -0.05) is 43.6 Å². The molecule has 1 aromatic carbocycles. The Morgan fingerprint density at radius 3 is 2.63 bits per heavy atom. The van der Waals surface area contributed by atoms with Crippen LogP contribution >= 0.6 is 11.6 Å². The predicted molar refractivity (Wildman–Crippen MR) is 80.2 cm³/mol. The van der Waals surface area contributed by atoms with Crippen LogP contribution < -0.4 is 5.73 Å². The van der Waals surface area contributed by atoms with E-state index < -0.39 is 0 Å². The number of aromatic nitrogens is 2. The van der Waals surface area contributed by atoms with E-state index in [0.717, 1.165) is 16.3 Å². The molecule has 0 fully saturated rings. The minimum atomic E-state index is -0.176. The number of hydrogen-bond acceptors (Lipinski definition) is 2. The first-order valence-corrected chi connectivity index (χ1v) is 6.86. The molecule has 0 aliphatic rings. The molecule has 0 aliphatic carbocycles. The molecular formula is C15H20ClN3. The normalized spacial score (nSPS) is 14.6. The van der Waals surface area contributed by atoms with Crippen LogP contribution in [0.15, 0.2) is 36.8 Å². The maximum absolute atomic E-state index is 6.29. The van der Waals surface area contributed by atoms with Crippen molar-refractivity contribution in [3.63, 3.8) is 0 Å². The number of nitrogens with zero attached hydrogens (tertiary/aromatic N) is 2. The van der Waals surface area contributed by atoms with E-state index in [1.807, 2.05) is 36.8 Å². The molecule has 102 valence electrons. The fraction of sp³-hybridized carbons (Fsp3) is 0.400. The highest BCUT2D eigenvalue weighted by Crippen LogP contribution is 2.33. The summed E-state index contributed by atoms with van der Waals surface area (Å²) in [6, 6.07) is 7.81. The van der Waals surface area contributed by atoms with Crippen LogP contribution in [0.2, 0.25) is 5.02 Å². The fourth-order valence-corrected chi connectivity index (χ4v) is 2.42. The molecule has 0 saturated heterocycles. The van der Waals surface area contributed by atoms with Crippen molar-refractivity contribution in [2.24, 2.45) is 11.7 Å². The van der Waals surface area contributed by atoms with Crippen molar-refractivity contribution in [3.8, 4) is 11.3 Å². The number of benzene rings is 1. The van der Waals surface area contributed by atoms with Crippen LogP contribution in [-0.4, -0.2) is 16.1 Å². The van der Waals surface area contributed by atoms with Crippen molar-refractivity contribution in [1.29, 1.82) is 0 Å². The summed E-state index contributed by atoms with van der Waals surface area (Å²) in [5, 5.41) is 0.729. The maximum Gasteiger partial charge on any atom is 0.0956 e. The van der Waals surface area contributed by atoms with Gasteiger partial charge in [0.25, 0.3) is 0 Å².